The number of aliphatic carboxylic acids is 1. The van der Waals surface area contributed by atoms with Gasteiger partial charge in [-0.25, -0.2) is 0 Å². The molecule has 1 aromatic rings. The fourth-order valence-electron chi connectivity index (χ4n) is 2.44. The van der Waals surface area contributed by atoms with Crippen LogP contribution < -0.4 is 0 Å². The van der Waals surface area contributed by atoms with Gasteiger partial charge in [0, 0.05) is 12.6 Å². The minimum atomic E-state index is -0.780. The van der Waals surface area contributed by atoms with Gasteiger partial charge in [0.25, 0.3) is 0 Å². The number of phenols is 1. The van der Waals surface area contributed by atoms with Gasteiger partial charge in [-0.05, 0) is 37.9 Å². The quantitative estimate of drug-likeness (QED) is 0.805. The molecule has 1 aromatic carbocycles. The third-order valence-corrected chi connectivity index (χ3v) is 3.68. The molecule has 4 nitrogen and oxygen atoms in total. The zero-order chi connectivity index (χ0) is 15.3. The fourth-order valence-corrected chi connectivity index (χ4v) is 2.44. The monoisotopic (exact) mass is 279 g/mol. The van der Waals surface area contributed by atoms with E-state index in [-0.39, 0.29) is 12.5 Å². The Morgan fingerprint density at radius 1 is 1.35 bits per heavy atom. The minimum Gasteiger partial charge on any atom is -0.508 e. The van der Waals surface area contributed by atoms with Crippen molar-refractivity contribution in [2.75, 3.05) is 13.6 Å². The van der Waals surface area contributed by atoms with E-state index < -0.39 is 5.97 Å². The average molecular weight is 279 g/mol. The lowest BCUT2D eigenvalue weighted by Crippen LogP contribution is -2.39. The van der Waals surface area contributed by atoms with Crippen LogP contribution in [0.2, 0.25) is 0 Å². The standard InChI is InChI=1S/C16H25NO3/c1-11(2)14(17(4)8-7-16(19)20)10-13-9-12(3)5-6-15(13)18/h5-6,9,11,14,18H,7-8,10H2,1-4H3,(H,19,20). The number of aromatic hydroxyl groups is 1. The fraction of sp³-hybridized carbons (Fsp3) is 0.562. The molecule has 0 spiro atoms. The lowest BCUT2D eigenvalue weighted by Gasteiger charge is -2.31. The van der Waals surface area contributed by atoms with Gasteiger partial charge in [-0.15, -0.1) is 0 Å². The number of hydrogen-bond acceptors (Lipinski definition) is 3. The van der Waals surface area contributed by atoms with Gasteiger partial charge >= 0.3 is 5.97 Å². The Labute approximate surface area is 121 Å². The highest BCUT2D eigenvalue weighted by Crippen LogP contribution is 2.23. The Bertz CT molecular complexity index is 457. The molecule has 0 bridgehead atoms. The summed E-state index contributed by atoms with van der Waals surface area (Å²) in [6, 6.07) is 5.81. The van der Waals surface area contributed by atoms with Crippen molar-refractivity contribution in [3.8, 4) is 5.75 Å². The van der Waals surface area contributed by atoms with Crippen molar-refractivity contribution >= 4 is 5.97 Å². The van der Waals surface area contributed by atoms with E-state index in [2.05, 4.69) is 18.7 Å². The SMILES string of the molecule is Cc1ccc(O)c(CC(C(C)C)N(C)CCC(=O)O)c1. The summed E-state index contributed by atoms with van der Waals surface area (Å²) in [4.78, 5) is 12.8. The largest absolute Gasteiger partial charge is 0.508 e. The first-order chi connectivity index (χ1) is 9.31. The highest BCUT2D eigenvalue weighted by atomic mass is 16.4. The summed E-state index contributed by atoms with van der Waals surface area (Å²) in [7, 11) is 1.94. The average Bonchev–Trinajstić information content (AvgIpc) is 2.36. The van der Waals surface area contributed by atoms with Crippen molar-refractivity contribution in [1.29, 1.82) is 0 Å². The summed E-state index contributed by atoms with van der Waals surface area (Å²) in [6.45, 7) is 6.76. The first-order valence-electron chi connectivity index (χ1n) is 7.01. The van der Waals surface area contributed by atoms with Crippen molar-refractivity contribution in [3.63, 3.8) is 0 Å². The molecular formula is C16H25NO3. The predicted molar refractivity (Wildman–Crippen MR) is 80.1 cm³/mol. The second kappa shape index (κ2) is 7.29. The predicted octanol–water partition coefficient (Wildman–Crippen LogP) is 2.67. The highest BCUT2D eigenvalue weighted by Gasteiger charge is 2.21. The van der Waals surface area contributed by atoms with E-state index in [1.54, 1.807) is 6.07 Å². The molecule has 1 rings (SSSR count). The second-order valence-corrected chi connectivity index (χ2v) is 5.77. The maximum Gasteiger partial charge on any atom is 0.304 e. The van der Waals surface area contributed by atoms with Crippen LogP contribution in [0.1, 0.15) is 31.4 Å². The Morgan fingerprint density at radius 3 is 2.55 bits per heavy atom. The number of carbonyl (C=O) groups is 1. The number of benzene rings is 1. The number of rotatable bonds is 7. The van der Waals surface area contributed by atoms with Crippen LogP contribution in [0.4, 0.5) is 0 Å². The topological polar surface area (TPSA) is 60.8 Å². The first kappa shape index (κ1) is 16.5. The molecule has 0 saturated heterocycles. The summed E-state index contributed by atoms with van der Waals surface area (Å²) in [5.41, 5.74) is 2.04. The number of carboxylic acid groups (broad SMARTS) is 1. The lowest BCUT2D eigenvalue weighted by molar-refractivity contribution is -0.137. The molecule has 20 heavy (non-hydrogen) atoms. The van der Waals surface area contributed by atoms with Gasteiger partial charge in [0.2, 0.25) is 0 Å². The number of carboxylic acids is 1. The molecule has 0 aromatic heterocycles. The van der Waals surface area contributed by atoms with Gasteiger partial charge in [-0.3, -0.25) is 4.79 Å². The highest BCUT2D eigenvalue weighted by molar-refractivity contribution is 5.66. The van der Waals surface area contributed by atoms with E-state index >= 15 is 0 Å². The smallest absolute Gasteiger partial charge is 0.304 e. The van der Waals surface area contributed by atoms with Crippen molar-refractivity contribution in [1.82, 2.24) is 4.90 Å². The van der Waals surface area contributed by atoms with Gasteiger partial charge in [0.1, 0.15) is 5.75 Å². The minimum absolute atomic E-state index is 0.138. The summed E-state index contributed by atoms with van der Waals surface area (Å²) >= 11 is 0. The molecule has 2 N–H and O–H groups in total. The molecule has 0 fully saturated rings. The van der Waals surface area contributed by atoms with Crippen molar-refractivity contribution in [3.05, 3.63) is 29.3 Å². The Hall–Kier alpha value is -1.55. The maximum absolute atomic E-state index is 10.7. The van der Waals surface area contributed by atoms with Gasteiger partial charge in [-0.1, -0.05) is 31.5 Å². The van der Waals surface area contributed by atoms with E-state index in [1.165, 1.54) is 0 Å². The molecule has 0 aliphatic heterocycles. The van der Waals surface area contributed by atoms with Crippen LogP contribution in [0.15, 0.2) is 18.2 Å². The maximum atomic E-state index is 10.7. The molecule has 0 saturated carbocycles. The number of hydrogen-bond donors (Lipinski definition) is 2. The van der Waals surface area contributed by atoms with Gasteiger partial charge in [-0.2, -0.15) is 0 Å². The molecule has 0 aliphatic rings. The van der Waals surface area contributed by atoms with Crippen LogP contribution in [-0.4, -0.2) is 40.7 Å². The van der Waals surface area contributed by atoms with Gasteiger partial charge in [0.05, 0.1) is 6.42 Å². The van der Waals surface area contributed by atoms with E-state index in [0.717, 1.165) is 17.5 Å². The normalized spacial score (nSPS) is 12.9. The molecule has 0 amide bonds. The number of likely N-dealkylation sites (N-methyl/N-ethyl adjacent to an activating group) is 1. The van der Waals surface area contributed by atoms with Crippen LogP contribution >= 0.6 is 0 Å². The summed E-state index contributed by atoms with van der Waals surface area (Å²) < 4.78 is 0. The zero-order valence-corrected chi connectivity index (χ0v) is 12.8. The van der Waals surface area contributed by atoms with E-state index in [1.807, 2.05) is 26.1 Å². The lowest BCUT2D eigenvalue weighted by atomic mass is 9.94. The number of aryl methyl sites for hydroxylation is 1. The third-order valence-electron chi connectivity index (χ3n) is 3.68. The van der Waals surface area contributed by atoms with E-state index in [9.17, 15) is 9.90 Å². The molecule has 0 aliphatic carbocycles. The Balaban J connectivity index is 2.81. The molecular weight excluding hydrogens is 254 g/mol. The first-order valence-corrected chi connectivity index (χ1v) is 7.01. The van der Waals surface area contributed by atoms with Crippen molar-refractivity contribution in [2.24, 2.45) is 5.92 Å². The zero-order valence-electron chi connectivity index (χ0n) is 12.8. The van der Waals surface area contributed by atoms with E-state index in [0.29, 0.717) is 18.2 Å². The second-order valence-electron chi connectivity index (χ2n) is 5.77. The Morgan fingerprint density at radius 2 is 2.00 bits per heavy atom. The summed E-state index contributed by atoms with van der Waals surface area (Å²) in [5, 5.41) is 18.7. The number of phenolic OH excluding ortho intramolecular Hbond substituents is 1. The van der Waals surface area contributed by atoms with Crippen molar-refractivity contribution < 1.29 is 15.0 Å². The summed E-state index contributed by atoms with van der Waals surface area (Å²) in [6.07, 6.45) is 0.862. The van der Waals surface area contributed by atoms with Crippen LogP contribution in [0.3, 0.4) is 0 Å². The van der Waals surface area contributed by atoms with Crippen LogP contribution in [-0.2, 0) is 11.2 Å². The molecule has 0 heterocycles. The molecule has 1 atom stereocenters. The Kier molecular flexibility index (Phi) is 6.02. The van der Waals surface area contributed by atoms with Crippen LogP contribution in [0, 0.1) is 12.8 Å². The van der Waals surface area contributed by atoms with Gasteiger partial charge in [0.15, 0.2) is 0 Å². The van der Waals surface area contributed by atoms with Crippen LogP contribution in [0.25, 0.3) is 0 Å². The van der Waals surface area contributed by atoms with Crippen LogP contribution in [0.5, 0.6) is 5.75 Å². The molecule has 4 heteroatoms. The molecule has 1 unspecified atom stereocenters. The molecule has 0 radical (unpaired) electrons. The van der Waals surface area contributed by atoms with Gasteiger partial charge < -0.3 is 15.1 Å². The summed E-state index contributed by atoms with van der Waals surface area (Å²) in [5.74, 6) is -0.0839. The van der Waals surface area contributed by atoms with E-state index in [4.69, 9.17) is 5.11 Å². The molecule has 112 valence electrons. The van der Waals surface area contributed by atoms with Crippen molar-refractivity contribution in [2.45, 2.75) is 39.7 Å². The number of nitrogens with zero attached hydrogens (tertiary/aromatic N) is 1. The third kappa shape index (κ3) is 4.85.